The number of hydrogen-bond acceptors (Lipinski definition) is 2. The lowest BCUT2D eigenvalue weighted by Gasteiger charge is -2.07. The Morgan fingerprint density at radius 1 is 1.26 bits per heavy atom. The van der Waals surface area contributed by atoms with Crippen LogP contribution in [-0.2, 0) is 0 Å². The highest BCUT2D eigenvalue weighted by Gasteiger charge is 2.13. The van der Waals surface area contributed by atoms with Crippen LogP contribution in [0.3, 0.4) is 0 Å². The molecule has 1 heterocycles. The topological polar surface area (TPSA) is 42.0 Å². The molecule has 0 aliphatic heterocycles. The quantitative estimate of drug-likeness (QED) is 0.849. The molecule has 0 atom stereocenters. The van der Waals surface area contributed by atoms with E-state index in [0.29, 0.717) is 11.3 Å². The fourth-order valence-electron chi connectivity index (χ4n) is 1.44. The molecule has 1 aromatic heterocycles. The molecule has 0 spiro atoms. The molecule has 1 N–H and O–H groups in total. The van der Waals surface area contributed by atoms with Crippen LogP contribution in [0.15, 0.2) is 30.3 Å². The minimum absolute atomic E-state index is 0.00449. The van der Waals surface area contributed by atoms with Gasteiger partial charge in [0.2, 0.25) is 0 Å². The molecule has 2 aromatic rings. The van der Waals surface area contributed by atoms with Crippen LogP contribution < -0.4 is 5.32 Å². The predicted octanol–water partition coefficient (Wildman–Crippen LogP) is 4.09. The molecule has 1 amide bonds. The van der Waals surface area contributed by atoms with Gasteiger partial charge < -0.3 is 5.32 Å². The van der Waals surface area contributed by atoms with Gasteiger partial charge in [0.1, 0.15) is 16.7 Å². The summed E-state index contributed by atoms with van der Waals surface area (Å²) in [6.07, 6.45) is 0. The monoisotopic (exact) mass is 298 g/mol. The van der Waals surface area contributed by atoms with Gasteiger partial charge in [0.15, 0.2) is 0 Å². The lowest BCUT2D eigenvalue weighted by molar-refractivity contribution is 0.102. The predicted molar refractivity (Wildman–Crippen MR) is 73.3 cm³/mol. The summed E-state index contributed by atoms with van der Waals surface area (Å²) in [7, 11) is 0. The second kappa shape index (κ2) is 5.55. The number of amides is 1. The van der Waals surface area contributed by atoms with Crippen molar-refractivity contribution in [2.75, 3.05) is 5.32 Å². The van der Waals surface area contributed by atoms with Gasteiger partial charge in [-0.05, 0) is 36.8 Å². The van der Waals surface area contributed by atoms with Crippen LogP contribution in [-0.4, -0.2) is 10.9 Å². The third-order valence-electron chi connectivity index (χ3n) is 2.46. The lowest BCUT2D eigenvalue weighted by Crippen LogP contribution is -2.14. The maximum absolute atomic E-state index is 13.4. The number of anilines is 1. The smallest absolute Gasteiger partial charge is 0.275 e. The zero-order chi connectivity index (χ0) is 14.0. The maximum atomic E-state index is 13.4. The third kappa shape index (κ3) is 3.22. The Kier molecular flexibility index (Phi) is 4.02. The first kappa shape index (κ1) is 13.8. The number of benzene rings is 1. The van der Waals surface area contributed by atoms with Crippen molar-refractivity contribution in [2.24, 2.45) is 0 Å². The minimum atomic E-state index is -0.546. The van der Waals surface area contributed by atoms with Gasteiger partial charge in [-0.15, -0.1) is 0 Å². The summed E-state index contributed by atoms with van der Waals surface area (Å²) in [5, 5.41) is 2.84. The van der Waals surface area contributed by atoms with Crippen molar-refractivity contribution in [1.82, 2.24) is 4.98 Å². The number of carbonyl (C=O) groups is 1. The van der Waals surface area contributed by atoms with Crippen LogP contribution >= 0.6 is 23.2 Å². The molecule has 0 bridgehead atoms. The van der Waals surface area contributed by atoms with Gasteiger partial charge in [-0.25, -0.2) is 9.37 Å². The van der Waals surface area contributed by atoms with Crippen molar-refractivity contribution >= 4 is 34.8 Å². The SMILES string of the molecule is Cc1ccc(NC(=O)c2nc(Cl)ccc2Cl)cc1F. The molecular formula is C13H9Cl2FN2O. The summed E-state index contributed by atoms with van der Waals surface area (Å²) in [6, 6.07) is 7.34. The summed E-state index contributed by atoms with van der Waals surface area (Å²) in [5.41, 5.74) is 0.818. The highest BCUT2D eigenvalue weighted by atomic mass is 35.5. The van der Waals surface area contributed by atoms with Gasteiger partial charge in [-0.3, -0.25) is 4.79 Å². The second-order valence-corrected chi connectivity index (χ2v) is 4.68. The molecule has 98 valence electrons. The largest absolute Gasteiger partial charge is 0.321 e. The molecule has 0 fully saturated rings. The van der Waals surface area contributed by atoms with E-state index in [1.54, 1.807) is 19.1 Å². The molecule has 1 aromatic carbocycles. The molecule has 0 unspecified atom stereocenters. The van der Waals surface area contributed by atoms with E-state index in [1.165, 1.54) is 18.2 Å². The van der Waals surface area contributed by atoms with E-state index in [9.17, 15) is 9.18 Å². The molecule has 2 rings (SSSR count). The zero-order valence-corrected chi connectivity index (χ0v) is 11.4. The van der Waals surface area contributed by atoms with Crippen LogP contribution in [0.2, 0.25) is 10.2 Å². The average Bonchev–Trinajstić information content (AvgIpc) is 2.36. The number of rotatable bonds is 2. The Hall–Kier alpha value is -1.65. The second-order valence-electron chi connectivity index (χ2n) is 3.88. The van der Waals surface area contributed by atoms with Crippen molar-refractivity contribution in [2.45, 2.75) is 6.92 Å². The van der Waals surface area contributed by atoms with Crippen LogP contribution in [0.4, 0.5) is 10.1 Å². The van der Waals surface area contributed by atoms with Gasteiger partial charge >= 0.3 is 0 Å². The maximum Gasteiger partial charge on any atom is 0.275 e. The molecule has 0 radical (unpaired) electrons. The first-order valence-electron chi connectivity index (χ1n) is 5.37. The normalized spacial score (nSPS) is 10.3. The van der Waals surface area contributed by atoms with E-state index in [4.69, 9.17) is 23.2 Å². The van der Waals surface area contributed by atoms with Crippen molar-refractivity contribution in [3.8, 4) is 0 Å². The summed E-state index contributed by atoms with van der Waals surface area (Å²) in [5.74, 6) is -0.946. The van der Waals surface area contributed by atoms with Crippen molar-refractivity contribution in [3.05, 3.63) is 57.6 Å². The van der Waals surface area contributed by atoms with Gasteiger partial charge in [0, 0.05) is 5.69 Å². The van der Waals surface area contributed by atoms with Crippen molar-refractivity contribution in [1.29, 1.82) is 0 Å². The number of aromatic nitrogens is 1. The van der Waals surface area contributed by atoms with Gasteiger partial charge in [0.05, 0.1) is 5.02 Å². The Balaban J connectivity index is 2.25. The Bertz CT molecular complexity index is 647. The van der Waals surface area contributed by atoms with E-state index in [2.05, 4.69) is 10.3 Å². The molecule has 0 aliphatic carbocycles. The first-order valence-corrected chi connectivity index (χ1v) is 6.12. The van der Waals surface area contributed by atoms with E-state index in [1.807, 2.05) is 0 Å². The lowest BCUT2D eigenvalue weighted by atomic mass is 10.2. The zero-order valence-electron chi connectivity index (χ0n) is 9.88. The molecular weight excluding hydrogens is 290 g/mol. The van der Waals surface area contributed by atoms with Gasteiger partial charge in [-0.2, -0.15) is 0 Å². The highest BCUT2D eigenvalue weighted by Crippen LogP contribution is 2.19. The van der Waals surface area contributed by atoms with Crippen LogP contribution in [0.5, 0.6) is 0 Å². The van der Waals surface area contributed by atoms with Crippen molar-refractivity contribution < 1.29 is 9.18 Å². The van der Waals surface area contributed by atoms with E-state index in [-0.39, 0.29) is 15.9 Å². The van der Waals surface area contributed by atoms with Crippen LogP contribution in [0.25, 0.3) is 0 Å². The van der Waals surface area contributed by atoms with Crippen LogP contribution in [0, 0.1) is 12.7 Å². The van der Waals surface area contributed by atoms with E-state index in [0.717, 1.165) is 0 Å². The van der Waals surface area contributed by atoms with Crippen LogP contribution in [0.1, 0.15) is 16.1 Å². The summed E-state index contributed by atoms with van der Waals surface area (Å²) >= 11 is 11.6. The fraction of sp³-hybridized carbons (Fsp3) is 0.0769. The Morgan fingerprint density at radius 3 is 2.68 bits per heavy atom. The molecule has 19 heavy (non-hydrogen) atoms. The van der Waals surface area contributed by atoms with Gasteiger partial charge in [-0.1, -0.05) is 29.3 Å². The van der Waals surface area contributed by atoms with E-state index < -0.39 is 11.7 Å². The number of hydrogen-bond donors (Lipinski definition) is 1. The number of carbonyl (C=O) groups excluding carboxylic acids is 1. The number of aryl methyl sites for hydroxylation is 1. The first-order chi connectivity index (χ1) is 8.97. The summed E-state index contributed by atoms with van der Waals surface area (Å²) < 4.78 is 13.4. The third-order valence-corrected chi connectivity index (χ3v) is 2.97. The van der Waals surface area contributed by atoms with Gasteiger partial charge in [0.25, 0.3) is 5.91 Å². The summed E-state index contributed by atoms with van der Waals surface area (Å²) in [4.78, 5) is 15.8. The number of nitrogens with one attached hydrogen (secondary N) is 1. The Morgan fingerprint density at radius 2 is 2.00 bits per heavy atom. The highest BCUT2D eigenvalue weighted by molar-refractivity contribution is 6.35. The van der Waals surface area contributed by atoms with E-state index >= 15 is 0 Å². The molecule has 6 heteroatoms. The summed E-state index contributed by atoms with van der Waals surface area (Å²) in [6.45, 7) is 1.64. The fourth-order valence-corrected chi connectivity index (χ4v) is 1.78. The molecule has 0 saturated carbocycles. The number of nitrogens with zero attached hydrogens (tertiary/aromatic N) is 1. The van der Waals surface area contributed by atoms with Crippen molar-refractivity contribution in [3.63, 3.8) is 0 Å². The number of halogens is 3. The standard InChI is InChI=1S/C13H9Cl2FN2O/c1-7-2-3-8(6-10(7)16)17-13(19)12-9(14)4-5-11(15)18-12/h2-6H,1H3,(H,17,19). The number of pyridine rings is 1. The molecule has 0 saturated heterocycles. The molecule has 0 aliphatic rings. The minimum Gasteiger partial charge on any atom is -0.321 e. The Labute approximate surface area is 119 Å². The average molecular weight is 299 g/mol. The molecule has 3 nitrogen and oxygen atoms in total.